The maximum absolute atomic E-state index is 11.4. The predicted octanol–water partition coefficient (Wildman–Crippen LogP) is 1.34. The molecular weight excluding hydrogens is 204 g/mol. The Labute approximate surface area is 95.0 Å². The maximum atomic E-state index is 11.4. The number of pyridine rings is 1. The van der Waals surface area contributed by atoms with Gasteiger partial charge in [0.05, 0.1) is 12.7 Å². The highest BCUT2D eigenvalue weighted by Gasteiger charge is 2.17. The second-order valence-corrected chi connectivity index (χ2v) is 4.00. The van der Waals surface area contributed by atoms with Gasteiger partial charge in [-0.3, -0.25) is 4.98 Å². The molecule has 1 fully saturated rings. The minimum Gasteiger partial charge on any atom is -0.465 e. The van der Waals surface area contributed by atoms with Gasteiger partial charge in [-0.2, -0.15) is 0 Å². The number of hydrogen-bond acceptors (Lipinski definition) is 4. The molecule has 0 amide bonds. The Kier molecular flexibility index (Phi) is 3.51. The fraction of sp³-hybridized carbons (Fsp3) is 0.500. The Morgan fingerprint density at radius 2 is 2.50 bits per heavy atom. The van der Waals surface area contributed by atoms with Gasteiger partial charge in [0, 0.05) is 24.4 Å². The summed E-state index contributed by atoms with van der Waals surface area (Å²) in [6, 6.07) is 3.52. The summed E-state index contributed by atoms with van der Waals surface area (Å²) >= 11 is 0. The Morgan fingerprint density at radius 3 is 3.19 bits per heavy atom. The highest BCUT2D eigenvalue weighted by atomic mass is 16.5. The van der Waals surface area contributed by atoms with E-state index in [1.807, 2.05) is 6.07 Å². The Morgan fingerprint density at radius 1 is 1.62 bits per heavy atom. The highest BCUT2D eigenvalue weighted by Crippen LogP contribution is 2.21. The van der Waals surface area contributed by atoms with Gasteiger partial charge in [-0.25, -0.2) is 4.79 Å². The third-order valence-electron chi connectivity index (χ3n) is 2.92. The first-order valence-electron chi connectivity index (χ1n) is 5.56. The molecule has 0 spiro atoms. The molecule has 1 aliphatic rings. The quantitative estimate of drug-likeness (QED) is 0.764. The summed E-state index contributed by atoms with van der Waals surface area (Å²) in [4.78, 5) is 15.7. The van der Waals surface area contributed by atoms with E-state index in [2.05, 4.69) is 10.3 Å². The second kappa shape index (κ2) is 5.07. The lowest BCUT2D eigenvalue weighted by molar-refractivity contribution is 0.0600. The number of aromatic nitrogens is 1. The molecule has 1 aromatic rings. The highest BCUT2D eigenvalue weighted by molar-refractivity contribution is 5.89. The summed E-state index contributed by atoms with van der Waals surface area (Å²) in [5, 5.41) is 3.34. The smallest absolute Gasteiger partial charge is 0.337 e. The molecule has 0 aliphatic carbocycles. The third-order valence-corrected chi connectivity index (χ3v) is 2.92. The second-order valence-electron chi connectivity index (χ2n) is 4.00. The van der Waals surface area contributed by atoms with Crippen LogP contribution in [-0.4, -0.2) is 31.2 Å². The van der Waals surface area contributed by atoms with Crippen molar-refractivity contribution in [2.45, 2.75) is 18.8 Å². The standard InChI is InChI=1S/C12H16N2O2/c1-16-12(15)9-4-6-14-11(7-9)10-3-2-5-13-8-10/h4,6-7,10,13H,2-3,5,8H2,1H3. The molecule has 0 saturated carbocycles. The SMILES string of the molecule is COC(=O)c1ccnc(C2CCCNC2)c1. The zero-order chi connectivity index (χ0) is 11.4. The van der Waals surface area contributed by atoms with Crippen LogP contribution in [0.4, 0.5) is 0 Å². The summed E-state index contributed by atoms with van der Waals surface area (Å²) in [6.07, 6.45) is 3.97. The molecular formula is C12H16N2O2. The van der Waals surface area contributed by atoms with Gasteiger partial charge in [-0.15, -0.1) is 0 Å². The Hall–Kier alpha value is -1.42. The van der Waals surface area contributed by atoms with Crippen LogP contribution in [0.25, 0.3) is 0 Å². The summed E-state index contributed by atoms with van der Waals surface area (Å²) < 4.78 is 4.70. The van der Waals surface area contributed by atoms with Crippen molar-refractivity contribution < 1.29 is 9.53 Å². The molecule has 1 unspecified atom stereocenters. The lowest BCUT2D eigenvalue weighted by Crippen LogP contribution is -2.28. The molecule has 2 rings (SSSR count). The first-order valence-corrected chi connectivity index (χ1v) is 5.56. The number of nitrogens with one attached hydrogen (secondary N) is 1. The van der Waals surface area contributed by atoms with E-state index >= 15 is 0 Å². The first kappa shape index (κ1) is 11.1. The van der Waals surface area contributed by atoms with Gasteiger partial charge in [-0.1, -0.05) is 0 Å². The van der Waals surface area contributed by atoms with Crippen LogP contribution in [0.5, 0.6) is 0 Å². The molecule has 0 bridgehead atoms. The van der Waals surface area contributed by atoms with Crippen molar-refractivity contribution in [3.8, 4) is 0 Å². The largest absolute Gasteiger partial charge is 0.465 e. The predicted molar refractivity (Wildman–Crippen MR) is 60.4 cm³/mol. The van der Waals surface area contributed by atoms with Gasteiger partial charge in [-0.05, 0) is 31.5 Å². The normalized spacial score (nSPS) is 20.4. The van der Waals surface area contributed by atoms with Gasteiger partial charge in [0.1, 0.15) is 0 Å². The van der Waals surface area contributed by atoms with Crippen LogP contribution in [0.1, 0.15) is 34.8 Å². The number of ether oxygens (including phenoxy) is 1. The van der Waals surface area contributed by atoms with E-state index in [1.165, 1.54) is 7.11 Å². The molecule has 1 aromatic heterocycles. The molecule has 2 heterocycles. The zero-order valence-electron chi connectivity index (χ0n) is 9.40. The Balaban J connectivity index is 2.17. The van der Waals surface area contributed by atoms with Gasteiger partial charge >= 0.3 is 5.97 Å². The summed E-state index contributed by atoms with van der Waals surface area (Å²) in [7, 11) is 1.39. The number of rotatable bonds is 2. The van der Waals surface area contributed by atoms with Crippen LogP contribution in [0.15, 0.2) is 18.3 Å². The molecule has 4 heteroatoms. The third kappa shape index (κ3) is 2.39. The van der Waals surface area contributed by atoms with Gasteiger partial charge in [0.25, 0.3) is 0 Å². The van der Waals surface area contributed by atoms with Crippen LogP contribution < -0.4 is 5.32 Å². The van der Waals surface area contributed by atoms with E-state index in [4.69, 9.17) is 4.74 Å². The van der Waals surface area contributed by atoms with Gasteiger partial charge < -0.3 is 10.1 Å². The molecule has 0 aromatic carbocycles. The van der Waals surface area contributed by atoms with E-state index in [-0.39, 0.29) is 5.97 Å². The summed E-state index contributed by atoms with van der Waals surface area (Å²) in [6.45, 7) is 2.02. The molecule has 86 valence electrons. The van der Waals surface area contributed by atoms with Crippen LogP contribution >= 0.6 is 0 Å². The minimum atomic E-state index is -0.299. The van der Waals surface area contributed by atoms with Crippen LogP contribution in [0.2, 0.25) is 0 Å². The fourth-order valence-electron chi connectivity index (χ4n) is 2.02. The number of methoxy groups -OCH3 is 1. The molecule has 1 aliphatic heterocycles. The average Bonchev–Trinajstić information content (AvgIpc) is 2.39. The monoisotopic (exact) mass is 220 g/mol. The van der Waals surface area contributed by atoms with Crippen molar-refractivity contribution in [3.05, 3.63) is 29.6 Å². The van der Waals surface area contributed by atoms with E-state index in [0.29, 0.717) is 11.5 Å². The summed E-state index contributed by atoms with van der Waals surface area (Å²) in [5.41, 5.74) is 1.56. The fourth-order valence-corrected chi connectivity index (χ4v) is 2.02. The van der Waals surface area contributed by atoms with Crippen LogP contribution in [0.3, 0.4) is 0 Å². The number of nitrogens with zero attached hydrogens (tertiary/aromatic N) is 1. The Bertz CT molecular complexity index is 373. The summed E-state index contributed by atoms with van der Waals surface area (Å²) in [5.74, 6) is 0.116. The number of carbonyl (C=O) groups is 1. The van der Waals surface area contributed by atoms with E-state index < -0.39 is 0 Å². The minimum absolute atomic E-state index is 0.299. The number of esters is 1. The molecule has 1 atom stereocenters. The molecule has 1 N–H and O–H groups in total. The van der Waals surface area contributed by atoms with Crippen molar-refractivity contribution >= 4 is 5.97 Å². The van der Waals surface area contributed by atoms with Crippen molar-refractivity contribution in [1.82, 2.24) is 10.3 Å². The molecule has 4 nitrogen and oxygen atoms in total. The number of hydrogen-bond donors (Lipinski definition) is 1. The molecule has 1 saturated heterocycles. The number of piperidine rings is 1. The van der Waals surface area contributed by atoms with E-state index in [9.17, 15) is 4.79 Å². The average molecular weight is 220 g/mol. The first-order chi connectivity index (χ1) is 7.81. The zero-order valence-corrected chi connectivity index (χ0v) is 9.40. The van der Waals surface area contributed by atoms with Crippen molar-refractivity contribution in [2.24, 2.45) is 0 Å². The van der Waals surface area contributed by atoms with Crippen molar-refractivity contribution in [2.75, 3.05) is 20.2 Å². The van der Waals surface area contributed by atoms with Gasteiger partial charge in [0.15, 0.2) is 0 Å². The maximum Gasteiger partial charge on any atom is 0.337 e. The van der Waals surface area contributed by atoms with Crippen LogP contribution in [0, 0.1) is 0 Å². The number of carbonyl (C=O) groups excluding carboxylic acids is 1. The van der Waals surface area contributed by atoms with E-state index in [0.717, 1.165) is 31.6 Å². The van der Waals surface area contributed by atoms with Gasteiger partial charge in [0.2, 0.25) is 0 Å². The lowest BCUT2D eigenvalue weighted by Gasteiger charge is -2.22. The van der Waals surface area contributed by atoms with Crippen LogP contribution in [-0.2, 0) is 4.74 Å². The molecule has 0 radical (unpaired) electrons. The van der Waals surface area contributed by atoms with E-state index in [1.54, 1.807) is 12.3 Å². The topological polar surface area (TPSA) is 51.2 Å². The van der Waals surface area contributed by atoms with Crippen molar-refractivity contribution in [1.29, 1.82) is 0 Å². The van der Waals surface area contributed by atoms with Crippen molar-refractivity contribution in [3.63, 3.8) is 0 Å². The molecule has 16 heavy (non-hydrogen) atoms. The lowest BCUT2D eigenvalue weighted by atomic mass is 9.95.